The number of hydrogen-bond acceptors (Lipinski definition) is 3. The van der Waals surface area contributed by atoms with Crippen LogP contribution in [0.1, 0.15) is 61.8 Å². The van der Waals surface area contributed by atoms with Crippen molar-refractivity contribution < 1.29 is 22.7 Å². The molecule has 2 fully saturated rings. The number of amides is 1. The summed E-state index contributed by atoms with van der Waals surface area (Å²) >= 11 is 0. The van der Waals surface area contributed by atoms with E-state index in [1.807, 2.05) is 4.90 Å². The van der Waals surface area contributed by atoms with Crippen LogP contribution in [0.5, 0.6) is 5.75 Å². The van der Waals surface area contributed by atoms with Gasteiger partial charge in [0.15, 0.2) is 0 Å². The van der Waals surface area contributed by atoms with E-state index in [1.165, 1.54) is 12.1 Å². The van der Waals surface area contributed by atoms with Crippen molar-refractivity contribution in [1.29, 1.82) is 0 Å². The molecule has 7 heteroatoms. The molecule has 2 heterocycles. The molecule has 0 N–H and O–H groups in total. The third kappa shape index (κ3) is 4.70. The van der Waals surface area contributed by atoms with Crippen molar-refractivity contribution in [3.05, 3.63) is 59.4 Å². The number of nitrogens with zero attached hydrogens (tertiary/aromatic N) is 2. The van der Waals surface area contributed by atoms with Crippen molar-refractivity contribution in [1.82, 2.24) is 9.88 Å². The van der Waals surface area contributed by atoms with Gasteiger partial charge in [-0.15, -0.1) is 0 Å². The minimum Gasteiger partial charge on any atom is -0.487 e. The van der Waals surface area contributed by atoms with Crippen LogP contribution in [0.3, 0.4) is 0 Å². The third-order valence-corrected chi connectivity index (χ3v) is 6.25. The lowest BCUT2D eigenvalue weighted by molar-refractivity contribution is -0.137. The van der Waals surface area contributed by atoms with Crippen LogP contribution in [-0.4, -0.2) is 28.4 Å². The number of halogens is 3. The Bertz CT molecular complexity index is 989. The standard InChI is InChI=1S/C24H27F3N2O2/c1-22(2)11-18-12-23(3,14-22)15-29(18)21(30)20-9-5-7-17(28-20)13-31-19-8-4-6-16(10-19)24(25,26)27/h4-10,18H,11-15H2,1-3H3/t18-,23-/m1/s1. The van der Waals surface area contributed by atoms with Gasteiger partial charge in [-0.1, -0.05) is 32.9 Å². The first-order chi connectivity index (χ1) is 14.4. The maximum absolute atomic E-state index is 13.2. The molecule has 1 saturated carbocycles. The number of ether oxygens (including phenoxy) is 1. The van der Waals surface area contributed by atoms with E-state index in [1.54, 1.807) is 18.2 Å². The van der Waals surface area contributed by atoms with Crippen molar-refractivity contribution >= 4 is 5.91 Å². The van der Waals surface area contributed by atoms with E-state index in [0.29, 0.717) is 11.4 Å². The number of hydrogen-bond donors (Lipinski definition) is 0. The molecular formula is C24H27F3N2O2. The number of aromatic nitrogens is 1. The quantitative estimate of drug-likeness (QED) is 0.621. The molecule has 2 aliphatic rings. The summed E-state index contributed by atoms with van der Waals surface area (Å²) in [7, 11) is 0. The highest BCUT2D eigenvalue weighted by atomic mass is 19.4. The molecule has 1 aromatic carbocycles. The Balaban J connectivity index is 1.46. The summed E-state index contributed by atoms with van der Waals surface area (Å²) in [6.07, 6.45) is -1.34. The van der Waals surface area contributed by atoms with E-state index < -0.39 is 11.7 Å². The molecule has 1 aromatic heterocycles. The number of carbonyl (C=O) groups is 1. The Kier molecular flexibility index (Phi) is 5.26. The van der Waals surface area contributed by atoms with E-state index in [2.05, 4.69) is 25.8 Å². The predicted octanol–water partition coefficient (Wildman–Crippen LogP) is 5.72. The molecule has 2 atom stereocenters. The van der Waals surface area contributed by atoms with E-state index >= 15 is 0 Å². The van der Waals surface area contributed by atoms with Crippen LogP contribution in [0.25, 0.3) is 0 Å². The van der Waals surface area contributed by atoms with Gasteiger partial charge in [-0.25, -0.2) is 4.98 Å². The Morgan fingerprint density at radius 1 is 1.16 bits per heavy atom. The molecule has 2 aromatic rings. The molecule has 1 saturated heterocycles. The van der Waals surface area contributed by atoms with Crippen molar-refractivity contribution in [3.8, 4) is 5.75 Å². The lowest BCUT2D eigenvalue weighted by atomic mass is 9.65. The van der Waals surface area contributed by atoms with Crippen LogP contribution in [0.15, 0.2) is 42.5 Å². The van der Waals surface area contributed by atoms with E-state index in [-0.39, 0.29) is 35.1 Å². The first kappa shape index (κ1) is 21.7. The van der Waals surface area contributed by atoms with Gasteiger partial charge in [-0.05, 0) is 60.4 Å². The number of carbonyl (C=O) groups excluding carboxylic acids is 1. The molecule has 1 aliphatic carbocycles. The first-order valence-electron chi connectivity index (χ1n) is 10.5. The summed E-state index contributed by atoms with van der Waals surface area (Å²) in [5.74, 6) is 0.0178. The molecule has 166 valence electrons. The molecule has 0 spiro atoms. The molecule has 4 rings (SSSR count). The number of likely N-dealkylation sites (tertiary alicyclic amines) is 1. The molecule has 2 bridgehead atoms. The van der Waals surface area contributed by atoms with E-state index in [9.17, 15) is 18.0 Å². The molecule has 1 aliphatic heterocycles. The van der Waals surface area contributed by atoms with Crippen LogP contribution in [0.4, 0.5) is 13.2 Å². The van der Waals surface area contributed by atoms with Crippen LogP contribution >= 0.6 is 0 Å². The summed E-state index contributed by atoms with van der Waals surface area (Å²) in [6, 6.07) is 10.1. The van der Waals surface area contributed by atoms with Gasteiger partial charge in [0.1, 0.15) is 18.1 Å². The number of pyridine rings is 1. The van der Waals surface area contributed by atoms with Crippen molar-refractivity contribution in [2.24, 2.45) is 10.8 Å². The summed E-state index contributed by atoms with van der Waals surface area (Å²) in [4.78, 5) is 19.6. The SMILES string of the molecule is CC1(C)C[C@@H]2C[C@@](C)(CN2C(=O)c2cccc(COc3cccc(C(F)(F)F)c3)n2)C1. The highest BCUT2D eigenvalue weighted by Crippen LogP contribution is 2.52. The average molecular weight is 432 g/mol. The zero-order chi connectivity index (χ0) is 22.4. The second-order valence-corrected chi connectivity index (χ2v) is 9.98. The van der Waals surface area contributed by atoms with Gasteiger partial charge in [0, 0.05) is 12.6 Å². The van der Waals surface area contributed by atoms with Crippen molar-refractivity contribution in [2.75, 3.05) is 6.54 Å². The number of rotatable bonds is 4. The molecule has 0 unspecified atom stereocenters. The van der Waals surface area contributed by atoms with Crippen LogP contribution in [-0.2, 0) is 12.8 Å². The van der Waals surface area contributed by atoms with E-state index in [4.69, 9.17) is 4.74 Å². The van der Waals surface area contributed by atoms with Gasteiger partial charge in [-0.2, -0.15) is 13.2 Å². The van der Waals surface area contributed by atoms with Crippen LogP contribution in [0, 0.1) is 10.8 Å². The highest BCUT2D eigenvalue weighted by molar-refractivity contribution is 5.92. The molecular weight excluding hydrogens is 405 g/mol. The molecule has 31 heavy (non-hydrogen) atoms. The monoisotopic (exact) mass is 432 g/mol. The normalized spacial score (nSPS) is 24.8. The van der Waals surface area contributed by atoms with Gasteiger partial charge in [-0.3, -0.25) is 4.79 Å². The lowest BCUT2D eigenvalue weighted by Gasteiger charge is -2.39. The Hall–Kier alpha value is -2.57. The Labute approximate surface area is 180 Å². The van der Waals surface area contributed by atoms with E-state index in [0.717, 1.165) is 37.9 Å². The largest absolute Gasteiger partial charge is 0.487 e. The third-order valence-electron chi connectivity index (χ3n) is 6.25. The van der Waals surface area contributed by atoms with Gasteiger partial charge >= 0.3 is 6.18 Å². The predicted molar refractivity (Wildman–Crippen MR) is 111 cm³/mol. The number of benzene rings is 1. The fraction of sp³-hybridized carbons (Fsp3) is 0.500. The minimum atomic E-state index is -4.43. The van der Waals surface area contributed by atoms with Crippen molar-refractivity contribution in [2.45, 2.75) is 58.9 Å². The fourth-order valence-corrected chi connectivity index (χ4v) is 5.44. The molecule has 1 amide bonds. The van der Waals surface area contributed by atoms with Gasteiger partial charge in [0.05, 0.1) is 11.3 Å². The van der Waals surface area contributed by atoms with Gasteiger partial charge in [0.2, 0.25) is 0 Å². The Morgan fingerprint density at radius 2 is 1.90 bits per heavy atom. The maximum Gasteiger partial charge on any atom is 0.416 e. The van der Waals surface area contributed by atoms with Gasteiger partial charge < -0.3 is 9.64 Å². The fourth-order valence-electron chi connectivity index (χ4n) is 5.44. The summed E-state index contributed by atoms with van der Waals surface area (Å²) in [6.45, 7) is 7.48. The highest BCUT2D eigenvalue weighted by Gasteiger charge is 2.51. The zero-order valence-corrected chi connectivity index (χ0v) is 18.0. The summed E-state index contributed by atoms with van der Waals surface area (Å²) in [5.41, 5.74) is 0.419. The minimum absolute atomic E-state index is 0.0173. The smallest absolute Gasteiger partial charge is 0.416 e. The van der Waals surface area contributed by atoms with Crippen LogP contribution in [0.2, 0.25) is 0 Å². The maximum atomic E-state index is 13.2. The Morgan fingerprint density at radius 3 is 2.65 bits per heavy atom. The lowest BCUT2D eigenvalue weighted by Crippen LogP contribution is -2.38. The molecule has 0 radical (unpaired) electrons. The zero-order valence-electron chi connectivity index (χ0n) is 18.0. The number of fused-ring (bicyclic) bond motifs is 2. The second kappa shape index (κ2) is 7.53. The summed E-state index contributed by atoms with van der Waals surface area (Å²) < 4.78 is 44.1. The average Bonchev–Trinajstić information content (AvgIpc) is 2.94. The van der Waals surface area contributed by atoms with Gasteiger partial charge in [0.25, 0.3) is 5.91 Å². The van der Waals surface area contributed by atoms with Crippen LogP contribution < -0.4 is 4.74 Å². The van der Waals surface area contributed by atoms with Crippen molar-refractivity contribution in [3.63, 3.8) is 0 Å². The topological polar surface area (TPSA) is 42.4 Å². The second-order valence-electron chi connectivity index (χ2n) is 9.98. The molecule has 4 nitrogen and oxygen atoms in total. The number of alkyl halides is 3. The summed E-state index contributed by atoms with van der Waals surface area (Å²) in [5, 5.41) is 0. The first-order valence-corrected chi connectivity index (χ1v) is 10.5.